The smallest absolute Gasteiger partial charge is 0.175 e. The maximum absolute atomic E-state index is 11.7. The van der Waals surface area contributed by atoms with E-state index in [0.29, 0.717) is 11.4 Å². The second kappa shape index (κ2) is 4.35. The highest BCUT2D eigenvalue weighted by molar-refractivity contribution is 7.90. The van der Waals surface area contributed by atoms with Crippen molar-refractivity contribution in [2.24, 2.45) is 5.73 Å². The molecule has 0 spiro atoms. The van der Waals surface area contributed by atoms with Gasteiger partial charge in [0.2, 0.25) is 0 Å². The van der Waals surface area contributed by atoms with Gasteiger partial charge in [-0.25, -0.2) is 8.42 Å². The highest BCUT2D eigenvalue weighted by atomic mass is 32.2. The van der Waals surface area contributed by atoms with E-state index in [9.17, 15) is 8.42 Å². The van der Waals surface area contributed by atoms with Gasteiger partial charge >= 0.3 is 0 Å². The van der Waals surface area contributed by atoms with E-state index in [0.717, 1.165) is 24.0 Å². The van der Waals surface area contributed by atoms with Crippen LogP contribution in [-0.4, -0.2) is 21.2 Å². The van der Waals surface area contributed by atoms with E-state index in [1.807, 2.05) is 13.0 Å². The Balaban J connectivity index is 2.63. The summed E-state index contributed by atoms with van der Waals surface area (Å²) in [5.41, 5.74) is 9.30. The first-order valence-corrected chi connectivity index (χ1v) is 8.21. The minimum absolute atomic E-state index is 0.00947. The van der Waals surface area contributed by atoms with Crippen LogP contribution in [0.25, 0.3) is 0 Å². The summed E-state index contributed by atoms with van der Waals surface area (Å²) in [7, 11) is -3.16. The van der Waals surface area contributed by atoms with E-state index in [-0.39, 0.29) is 5.41 Å². The molecule has 4 heteroatoms. The maximum atomic E-state index is 11.7. The number of aryl methyl sites for hydroxylation is 1. The van der Waals surface area contributed by atoms with E-state index in [4.69, 9.17) is 5.73 Å². The van der Waals surface area contributed by atoms with Gasteiger partial charge < -0.3 is 5.73 Å². The average molecular weight is 267 g/mol. The van der Waals surface area contributed by atoms with E-state index >= 15 is 0 Å². The zero-order valence-corrected chi connectivity index (χ0v) is 12.1. The van der Waals surface area contributed by atoms with Crippen LogP contribution in [0.1, 0.15) is 36.0 Å². The Kier molecular flexibility index (Phi) is 3.28. The molecule has 0 amide bonds. The quantitative estimate of drug-likeness (QED) is 0.912. The summed E-state index contributed by atoms with van der Waals surface area (Å²) in [4.78, 5) is 0.417. The summed E-state index contributed by atoms with van der Waals surface area (Å²) in [5.74, 6) is 0. The zero-order chi connectivity index (χ0) is 13.6. The van der Waals surface area contributed by atoms with Gasteiger partial charge in [0, 0.05) is 18.2 Å². The van der Waals surface area contributed by atoms with Gasteiger partial charge in [0.05, 0.1) is 4.90 Å². The topological polar surface area (TPSA) is 60.2 Å². The molecule has 0 atom stereocenters. The van der Waals surface area contributed by atoms with Crippen LogP contribution in [0.2, 0.25) is 0 Å². The van der Waals surface area contributed by atoms with Crippen molar-refractivity contribution in [1.29, 1.82) is 0 Å². The van der Waals surface area contributed by atoms with Crippen LogP contribution < -0.4 is 5.73 Å². The Labute approximate surface area is 109 Å². The lowest BCUT2D eigenvalue weighted by Crippen LogP contribution is -2.42. The number of hydrogen-bond acceptors (Lipinski definition) is 3. The van der Waals surface area contributed by atoms with E-state index in [1.54, 1.807) is 6.07 Å². The van der Waals surface area contributed by atoms with E-state index in [2.05, 4.69) is 6.92 Å². The van der Waals surface area contributed by atoms with E-state index < -0.39 is 9.84 Å². The van der Waals surface area contributed by atoms with Crippen molar-refractivity contribution in [2.45, 2.75) is 43.4 Å². The van der Waals surface area contributed by atoms with Gasteiger partial charge in [0.1, 0.15) is 0 Å². The first-order chi connectivity index (χ1) is 8.30. The van der Waals surface area contributed by atoms with Crippen molar-refractivity contribution in [2.75, 3.05) is 12.8 Å². The van der Waals surface area contributed by atoms with Gasteiger partial charge in [-0.2, -0.15) is 0 Å². The van der Waals surface area contributed by atoms with Crippen LogP contribution in [-0.2, 0) is 15.3 Å². The van der Waals surface area contributed by atoms with Crippen molar-refractivity contribution in [3.63, 3.8) is 0 Å². The van der Waals surface area contributed by atoms with Crippen LogP contribution in [0.4, 0.5) is 0 Å². The molecule has 2 N–H and O–H groups in total. The number of hydrogen-bond donors (Lipinski definition) is 1. The van der Waals surface area contributed by atoms with E-state index in [1.165, 1.54) is 18.2 Å². The lowest BCUT2D eigenvalue weighted by atomic mass is 9.63. The zero-order valence-electron chi connectivity index (χ0n) is 11.3. The maximum Gasteiger partial charge on any atom is 0.175 e. The first kappa shape index (κ1) is 13.6. The highest BCUT2D eigenvalue weighted by Gasteiger charge is 2.39. The molecular formula is C14H21NO2S. The molecule has 0 aromatic heterocycles. The fraction of sp³-hybridized carbons (Fsp3) is 0.571. The van der Waals surface area contributed by atoms with Crippen molar-refractivity contribution < 1.29 is 8.42 Å². The molecule has 1 saturated carbocycles. The third-order valence-corrected chi connectivity index (χ3v) is 5.43. The van der Waals surface area contributed by atoms with Crippen molar-refractivity contribution in [3.05, 3.63) is 28.8 Å². The van der Waals surface area contributed by atoms with Gasteiger partial charge in [0.15, 0.2) is 9.84 Å². The molecule has 0 bridgehead atoms. The van der Waals surface area contributed by atoms with Crippen LogP contribution >= 0.6 is 0 Å². The molecule has 0 radical (unpaired) electrons. The second-order valence-corrected chi connectivity index (χ2v) is 7.54. The average Bonchev–Trinajstić information content (AvgIpc) is 2.21. The largest absolute Gasteiger partial charge is 0.330 e. The molecule has 2 rings (SSSR count). The lowest BCUT2D eigenvalue weighted by molar-refractivity contribution is 0.251. The van der Waals surface area contributed by atoms with Gasteiger partial charge in [0.25, 0.3) is 0 Å². The molecule has 0 heterocycles. The summed E-state index contributed by atoms with van der Waals surface area (Å²) in [6.45, 7) is 4.63. The predicted molar refractivity (Wildman–Crippen MR) is 73.6 cm³/mol. The minimum Gasteiger partial charge on any atom is -0.330 e. The molecule has 1 aliphatic rings. The predicted octanol–water partition coefficient (Wildman–Crippen LogP) is 2.09. The number of nitrogens with two attached hydrogens (primary N) is 1. The Hall–Kier alpha value is -0.870. The van der Waals surface area contributed by atoms with Gasteiger partial charge in [-0.3, -0.25) is 0 Å². The molecule has 0 unspecified atom stereocenters. The lowest BCUT2D eigenvalue weighted by Gasteiger charge is -2.43. The highest BCUT2D eigenvalue weighted by Crippen LogP contribution is 2.45. The summed E-state index contributed by atoms with van der Waals surface area (Å²) in [6, 6.07) is 3.60. The summed E-state index contributed by atoms with van der Waals surface area (Å²) < 4.78 is 23.5. The second-order valence-electron chi connectivity index (χ2n) is 5.52. The summed E-state index contributed by atoms with van der Waals surface area (Å²) in [6.07, 6.45) is 4.57. The Bertz CT molecular complexity index is 566. The molecule has 1 fully saturated rings. The third-order valence-electron chi connectivity index (χ3n) is 4.34. The molecule has 0 aliphatic heterocycles. The molecular weight excluding hydrogens is 246 g/mol. The molecule has 1 aliphatic carbocycles. The summed E-state index contributed by atoms with van der Waals surface area (Å²) >= 11 is 0. The molecule has 1 aromatic rings. The Morgan fingerprint density at radius 2 is 1.89 bits per heavy atom. The SMILES string of the molecule is Cc1cc(S(C)(=O)=O)cc(C2(CN)CCC2)c1C. The van der Waals surface area contributed by atoms with Crippen molar-refractivity contribution in [3.8, 4) is 0 Å². The first-order valence-electron chi connectivity index (χ1n) is 6.32. The van der Waals surface area contributed by atoms with Gasteiger partial charge in [-0.05, 0) is 55.5 Å². The third kappa shape index (κ3) is 2.08. The number of sulfone groups is 1. The Morgan fingerprint density at radius 3 is 2.28 bits per heavy atom. The van der Waals surface area contributed by atoms with Crippen LogP contribution in [0.3, 0.4) is 0 Å². The molecule has 100 valence electrons. The van der Waals surface area contributed by atoms with Gasteiger partial charge in [-0.15, -0.1) is 0 Å². The van der Waals surface area contributed by atoms with Gasteiger partial charge in [-0.1, -0.05) is 6.42 Å². The molecule has 1 aromatic carbocycles. The monoisotopic (exact) mass is 267 g/mol. The van der Waals surface area contributed by atoms with Crippen LogP contribution in [0.5, 0.6) is 0 Å². The van der Waals surface area contributed by atoms with Crippen molar-refractivity contribution in [1.82, 2.24) is 0 Å². The Morgan fingerprint density at radius 1 is 1.28 bits per heavy atom. The standard InChI is InChI=1S/C14H21NO2S/c1-10-7-12(18(3,16)17)8-13(11(10)2)14(9-15)5-4-6-14/h7-8H,4-6,9,15H2,1-3H3. The van der Waals surface area contributed by atoms with Crippen molar-refractivity contribution >= 4 is 9.84 Å². The molecule has 3 nitrogen and oxygen atoms in total. The normalized spacial score (nSPS) is 18.4. The van der Waals surface area contributed by atoms with Crippen LogP contribution in [0, 0.1) is 13.8 Å². The number of benzene rings is 1. The fourth-order valence-corrected chi connectivity index (χ4v) is 3.50. The van der Waals surface area contributed by atoms with Crippen LogP contribution in [0.15, 0.2) is 17.0 Å². The fourth-order valence-electron chi connectivity index (χ4n) is 2.78. The number of rotatable bonds is 3. The minimum atomic E-state index is -3.16. The molecule has 0 saturated heterocycles. The molecule has 18 heavy (non-hydrogen) atoms. The summed E-state index contributed by atoms with van der Waals surface area (Å²) in [5, 5.41) is 0.